The summed E-state index contributed by atoms with van der Waals surface area (Å²) in [5.74, 6) is 0. The van der Waals surface area contributed by atoms with Crippen molar-refractivity contribution in [2.24, 2.45) is 0 Å². The molecular formula is C13H9. The molecule has 61 valence electrons. The average molecular weight is 165 g/mol. The lowest BCUT2D eigenvalue weighted by atomic mass is 9.96. The minimum atomic E-state index is 1.25. The Balaban J connectivity index is 2.73. The van der Waals surface area contributed by atoms with Crippen LogP contribution >= 0.6 is 0 Å². The van der Waals surface area contributed by atoms with Crippen molar-refractivity contribution in [3.05, 3.63) is 48.0 Å². The Kier molecular flexibility index (Phi) is 1.18. The Labute approximate surface area is 77.1 Å². The molecule has 0 heterocycles. The molecule has 2 bridgehead atoms. The Morgan fingerprint density at radius 3 is 2.31 bits per heavy atom. The summed E-state index contributed by atoms with van der Waals surface area (Å²) in [5, 5.41) is 5.36. The molecule has 4 aromatic rings. The standard InChI is InChI=1S/C13H9/c1-9-3-2-4-12-10-5-7-11(8-6-10)13(9)12/h2,4-8H,1H3. The quantitative estimate of drug-likeness (QED) is 0.478. The van der Waals surface area contributed by atoms with Crippen LogP contribution in [0, 0.1) is 13.0 Å². The van der Waals surface area contributed by atoms with Crippen LogP contribution in [0.5, 0.6) is 0 Å². The van der Waals surface area contributed by atoms with Gasteiger partial charge >= 0.3 is 0 Å². The third-order valence-electron chi connectivity index (χ3n) is 2.68. The van der Waals surface area contributed by atoms with Crippen molar-refractivity contribution in [3.63, 3.8) is 0 Å². The summed E-state index contributed by atoms with van der Waals surface area (Å²) in [6.45, 7) is 2.12. The highest BCUT2D eigenvalue weighted by Crippen LogP contribution is 2.29. The van der Waals surface area contributed by atoms with Crippen LogP contribution < -0.4 is 0 Å². The molecule has 0 amide bonds. The lowest BCUT2D eigenvalue weighted by Crippen LogP contribution is -1.83. The van der Waals surface area contributed by atoms with Crippen molar-refractivity contribution in [1.29, 1.82) is 0 Å². The van der Waals surface area contributed by atoms with Gasteiger partial charge in [0.1, 0.15) is 0 Å². The Hall–Kier alpha value is -1.56. The molecule has 0 saturated heterocycles. The molecule has 0 aromatic heterocycles. The van der Waals surface area contributed by atoms with E-state index in [1.165, 1.54) is 27.1 Å². The highest BCUT2D eigenvalue weighted by atomic mass is 14.1. The molecule has 0 aliphatic rings. The maximum atomic E-state index is 3.24. The van der Waals surface area contributed by atoms with Crippen molar-refractivity contribution >= 4 is 21.5 Å². The Bertz CT molecular complexity index is 544. The van der Waals surface area contributed by atoms with E-state index in [9.17, 15) is 0 Å². The number of hydrogen-bond donors (Lipinski definition) is 0. The monoisotopic (exact) mass is 165 g/mol. The first kappa shape index (κ1) is 6.90. The van der Waals surface area contributed by atoms with Gasteiger partial charge in [-0.05, 0) is 40.1 Å². The van der Waals surface area contributed by atoms with Gasteiger partial charge in [-0.3, -0.25) is 0 Å². The number of benzene rings is 4. The van der Waals surface area contributed by atoms with Gasteiger partial charge in [0.25, 0.3) is 0 Å². The van der Waals surface area contributed by atoms with Crippen molar-refractivity contribution in [2.75, 3.05) is 0 Å². The highest BCUT2D eigenvalue weighted by Gasteiger charge is 2.03. The summed E-state index contributed by atoms with van der Waals surface area (Å²) >= 11 is 0. The molecule has 0 spiro atoms. The molecule has 0 fully saturated rings. The second-order valence-electron chi connectivity index (χ2n) is 3.47. The summed E-state index contributed by atoms with van der Waals surface area (Å²) < 4.78 is 0. The van der Waals surface area contributed by atoms with Gasteiger partial charge in [-0.25, -0.2) is 0 Å². The molecule has 0 atom stereocenters. The van der Waals surface area contributed by atoms with Crippen LogP contribution in [0.1, 0.15) is 5.56 Å². The average Bonchev–Trinajstić information content (AvgIpc) is 2.20. The summed E-state index contributed by atoms with van der Waals surface area (Å²) in [6.07, 6.45) is 0. The predicted octanol–water partition coefficient (Wildman–Crippen LogP) is 3.54. The highest BCUT2D eigenvalue weighted by molar-refractivity contribution is 6.10. The lowest BCUT2D eigenvalue weighted by molar-refractivity contribution is 1.53. The fourth-order valence-electron chi connectivity index (χ4n) is 2.04. The van der Waals surface area contributed by atoms with E-state index < -0.39 is 0 Å². The van der Waals surface area contributed by atoms with Gasteiger partial charge in [-0.1, -0.05) is 36.4 Å². The lowest BCUT2D eigenvalue weighted by Gasteiger charge is -2.08. The van der Waals surface area contributed by atoms with Gasteiger partial charge in [0.15, 0.2) is 0 Å². The zero-order valence-electron chi connectivity index (χ0n) is 7.46. The van der Waals surface area contributed by atoms with Crippen LogP contribution in [0.15, 0.2) is 36.4 Å². The normalized spacial score (nSPS) is 11.5. The van der Waals surface area contributed by atoms with E-state index in [0.717, 1.165) is 0 Å². The second kappa shape index (κ2) is 2.23. The molecular weight excluding hydrogens is 156 g/mol. The number of aryl methyl sites for hydroxylation is 1. The first-order valence-corrected chi connectivity index (χ1v) is 4.48. The van der Waals surface area contributed by atoms with Crippen molar-refractivity contribution in [3.8, 4) is 0 Å². The minimum absolute atomic E-state index is 1.25. The summed E-state index contributed by atoms with van der Waals surface area (Å²) in [5.41, 5.74) is 1.25. The Morgan fingerprint density at radius 1 is 0.923 bits per heavy atom. The molecule has 0 unspecified atom stereocenters. The zero-order valence-corrected chi connectivity index (χ0v) is 7.46. The molecule has 1 radical (unpaired) electrons. The fourth-order valence-corrected chi connectivity index (χ4v) is 2.04. The van der Waals surface area contributed by atoms with Crippen LogP contribution in [-0.2, 0) is 0 Å². The Morgan fingerprint density at radius 2 is 1.62 bits per heavy atom. The van der Waals surface area contributed by atoms with Crippen molar-refractivity contribution < 1.29 is 0 Å². The van der Waals surface area contributed by atoms with E-state index in [0.29, 0.717) is 0 Å². The van der Waals surface area contributed by atoms with Gasteiger partial charge in [0.2, 0.25) is 0 Å². The third kappa shape index (κ3) is 0.803. The van der Waals surface area contributed by atoms with E-state index >= 15 is 0 Å². The van der Waals surface area contributed by atoms with Crippen molar-refractivity contribution in [1.82, 2.24) is 0 Å². The van der Waals surface area contributed by atoms with Gasteiger partial charge in [-0.2, -0.15) is 0 Å². The van der Waals surface area contributed by atoms with Crippen LogP contribution in [0.3, 0.4) is 0 Å². The second-order valence-corrected chi connectivity index (χ2v) is 3.47. The molecule has 0 nitrogen and oxygen atoms in total. The molecule has 4 aromatic carbocycles. The van der Waals surface area contributed by atoms with Crippen LogP contribution in [0.25, 0.3) is 21.5 Å². The number of hydrogen-bond acceptors (Lipinski definition) is 0. The van der Waals surface area contributed by atoms with E-state index in [-0.39, 0.29) is 0 Å². The van der Waals surface area contributed by atoms with E-state index in [1.807, 2.05) is 6.07 Å². The molecule has 4 rings (SSSR count). The largest absolute Gasteiger partial charge is 0.0537 e. The van der Waals surface area contributed by atoms with Crippen LogP contribution in [0.2, 0.25) is 0 Å². The molecule has 0 heteroatoms. The summed E-state index contributed by atoms with van der Waals surface area (Å²) in [6, 6.07) is 16.1. The fraction of sp³-hybridized carbons (Fsp3) is 0.0769. The third-order valence-corrected chi connectivity index (χ3v) is 2.68. The molecule has 13 heavy (non-hydrogen) atoms. The first-order valence-electron chi connectivity index (χ1n) is 4.48. The van der Waals surface area contributed by atoms with Crippen LogP contribution in [-0.4, -0.2) is 0 Å². The van der Waals surface area contributed by atoms with E-state index in [1.54, 1.807) is 0 Å². The van der Waals surface area contributed by atoms with Gasteiger partial charge < -0.3 is 0 Å². The number of fused-ring (bicyclic) bond motifs is 2. The topological polar surface area (TPSA) is 0 Å². The minimum Gasteiger partial charge on any atom is -0.0537 e. The molecule has 0 aliphatic carbocycles. The number of rotatable bonds is 0. The first-order chi connectivity index (χ1) is 6.36. The SMILES string of the molecule is Cc1[c]ccc2c3ccc(cc3)c12. The molecule has 0 saturated carbocycles. The maximum Gasteiger partial charge on any atom is -0.00699 e. The zero-order chi connectivity index (χ0) is 8.84. The van der Waals surface area contributed by atoms with Gasteiger partial charge in [0, 0.05) is 0 Å². The molecule has 0 N–H and O–H groups in total. The van der Waals surface area contributed by atoms with Crippen LogP contribution in [0.4, 0.5) is 0 Å². The van der Waals surface area contributed by atoms with E-state index in [4.69, 9.17) is 0 Å². The summed E-state index contributed by atoms with van der Waals surface area (Å²) in [7, 11) is 0. The van der Waals surface area contributed by atoms with Crippen molar-refractivity contribution in [2.45, 2.75) is 6.92 Å². The smallest absolute Gasteiger partial charge is 0.00699 e. The molecule has 0 aliphatic heterocycles. The van der Waals surface area contributed by atoms with Gasteiger partial charge in [-0.15, -0.1) is 0 Å². The van der Waals surface area contributed by atoms with E-state index in [2.05, 4.69) is 43.3 Å². The van der Waals surface area contributed by atoms with Gasteiger partial charge in [0.05, 0.1) is 0 Å². The predicted molar refractivity (Wildman–Crippen MR) is 56.2 cm³/mol. The maximum absolute atomic E-state index is 3.24. The summed E-state index contributed by atoms with van der Waals surface area (Å²) in [4.78, 5) is 0.